The maximum absolute atomic E-state index is 12.9. The number of pyridine rings is 1. The Bertz CT molecular complexity index is 1230. The van der Waals surface area contributed by atoms with Crippen LogP contribution in [0.2, 0.25) is 0 Å². The molecule has 4 rings (SSSR count). The Hall–Kier alpha value is -3.85. The molecule has 0 saturated heterocycles. The molecule has 0 aliphatic rings. The lowest BCUT2D eigenvalue weighted by Gasteiger charge is -2.08. The summed E-state index contributed by atoms with van der Waals surface area (Å²) in [7, 11) is 3.41. The van der Waals surface area contributed by atoms with Crippen LogP contribution in [0.4, 0.5) is 0 Å². The van der Waals surface area contributed by atoms with Crippen molar-refractivity contribution in [2.24, 2.45) is 7.05 Å². The first-order chi connectivity index (χ1) is 13.1. The highest BCUT2D eigenvalue weighted by molar-refractivity contribution is 5.84. The van der Waals surface area contributed by atoms with Gasteiger partial charge in [-0.05, 0) is 35.9 Å². The van der Waals surface area contributed by atoms with E-state index in [0.29, 0.717) is 11.1 Å². The summed E-state index contributed by atoms with van der Waals surface area (Å²) in [5.41, 5.74) is 3.15. The monoisotopic (exact) mass is 356 g/mol. The first-order valence-electron chi connectivity index (χ1n) is 8.36. The van der Waals surface area contributed by atoms with Gasteiger partial charge in [0.15, 0.2) is 5.52 Å². The molecule has 0 fully saturated rings. The number of para-hydroxylation sites is 1. The number of ether oxygens (including phenoxy) is 1. The molecule has 0 aliphatic carbocycles. The summed E-state index contributed by atoms with van der Waals surface area (Å²) in [4.78, 5) is 17.3. The molecule has 0 bridgehead atoms. The summed E-state index contributed by atoms with van der Waals surface area (Å²) in [6.07, 6.45) is 0. The normalized spacial score (nSPS) is 10.7. The number of hydrogen-bond acceptors (Lipinski definition) is 4. The Morgan fingerprint density at radius 2 is 1.78 bits per heavy atom. The lowest BCUT2D eigenvalue weighted by molar-refractivity contribution is 0.415. The molecular formula is C21H16N4O2. The van der Waals surface area contributed by atoms with E-state index in [1.165, 1.54) is 0 Å². The number of hydrogen-bond donors (Lipinski definition) is 0. The van der Waals surface area contributed by atoms with Gasteiger partial charge < -0.3 is 4.74 Å². The van der Waals surface area contributed by atoms with Gasteiger partial charge >= 0.3 is 0 Å². The average Bonchev–Trinajstić information content (AvgIpc) is 2.97. The second-order valence-electron chi connectivity index (χ2n) is 6.07. The first-order valence-corrected chi connectivity index (χ1v) is 8.36. The zero-order valence-electron chi connectivity index (χ0n) is 14.9. The van der Waals surface area contributed by atoms with Gasteiger partial charge in [-0.1, -0.05) is 30.3 Å². The van der Waals surface area contributed by atoms with Crippen molar-refractivity contribution in [2.75, 3.05) is 7.11 Å². The van der Waals surface area contributed by atoms with Crippen LogP contribution in [0.1, 0.15) is 5.69 Å². The van der Waals surface area contributed by atoms with Crippen LogP contribution >= 0.6 is 0 Å². The number of benzene rings is 2. The van der Waals surface area contributed by atoms with Gasteiger partial charge in [0.2, 0.25) is 0 Å². The van der Waals surface area contributed by atoms with Crippen molar-refractivity contribution in [1.82, 2.24) is 14.3 Å². The molecule has 6 nitrogen and oxygen atoms in total. The van der Waals surface area contributed by atoms with E-state index in [4.69, 9.17) is 4.74 Å². The number of nitrogens with zero attached hydrogens (tertiary/aromatic N) is 4. The topological polar surface area (TPSA) is 72.8 Å². The predicted molar refractivity (Wildman–Crippen MR) is 103 cm³/mol. The molecule has 0 spiro atoms. The summed E-state index contributed by atoms with van der Waals surface area (Å²) in [6, 6.07) is 20.7. The molecular weight excluding hydrogens is 340 g/mol. The van der Waals surface area contributed by atoms with E-state index >= 15 is 0 Å². The number of rotatable bonds is 3. The van der Waals surface area contributed by atoms with Crippen molar-refractivity contribution in [2.45, 2.75) is 0 Å². The van der Waals surface area contributed by atoms with Gasteiger partial charge in [0.25, 0.3) is 5.56 Å². The van der Waals surface area contributed by atoms with Gasteiger partial charge in [0, 0.05) is 12.6 Å². The standard InChI is InChI=1S/C21H16N4O2/c1-24-19-12-17(14-8-10-16(27-2)11-9-14)18(13-22)23-20(19)21(26)25(24)15-6-4-3-5-7-15/h3-12H,1-2H3. The Morgan fingerprint density at radius 3 is 2.41 bits per heavy atom. The molecule has 27 heavy (non-hydrogen) atoms. The minimum absolute atomic E-state index is 0.218. The van der Waals surface area contributed by atoms with E-state index in [0.717, 1.165) is 17.0 Å². The van der Waals surface area contributed by atoms with Gasteiger partial charge in [0.1, 0.15) is 17.5 Å². The van der Waals surface area contributed by atoms with Gasteiger partial charge in [-0.25, -0.2) is 9.67 Å². The minimum atomic E-state index is -0.253. The summed E-state index contributed by atoms with van der Waals surface area (Å²) in [5.74, 6) is 0.730. The van der Waals surface area contributed by atoms with Crippen LogP contribution in [0.5, 0.6) is 5.75 Å². The van der Waals surface area contributed by atoms with Crippen molar-refractivity contribution in [1.29, 1.82) is 5.26 Å². The maximum atomic E-state index is 12.9. The zero-order chi connectivity index (χ0) is 19.0. The summed E-state index contributed by atoms with van der Waals surface area (Å²) < 4.78 is 8.50. The highest BCUT2D eigenvalue weighted by atomic mass is 16.5. The molecule has 0 atom stereocenters. The molecule has 132 valence electrons. The number of fused-ring (bicyclic) bond motifs is 1. The Morgan fingerprint density at radius 1 is 1.07 bits per heavy atom. The van der Waals surface area contributed by atoms with Crippen LogP contribution in [-0.4, -0.2) is 21.5 Å². The Kier molecular flexibility index (Phi) is 3.98. The fraction of sp³-hybridized carbons (Fsp3) is 0.0952. The van der Waals surface area contributed by atoms with E-state index in [2.05, 4.69) is 11.1 Å². The molecule has 0 aliphatic heterocycles. The van der Waals surface area contributed by atoms with Crippen LogP contribution in [0, 0.1) is 11.3 Å². The van der Waals surface area contributed by atoms with Crippen LogP contribution in [0.15, 0.2) is 65.5 Å². The molecule has 4 aromatic rings. The molecule has 2 aromatic carbocycles. The van der Waals surface area contributed by atoms with Crippen molar-refractivity contribution >= 4 is 11.0 Å². The minimum Gasteiger partial charge on any atom is -0.497 e. The fourth-order valence-corrected chi connectivity index (χ4v) is 3.19. The van der Waals surface area contributed by atoms with E-state index < -0.39 is 0 Å². The van der Waals surface area contributed by atoms with Gasteiger partial charge in [-0.3, -0.25) is 9.48 Å². The van der Waals surface area contributed by atoms with Gasteiger partial charge in [-0.2, -0.15) is 5.26 Å². The van der Waals surface area contributed by atoms with Crippen LogP contribution in [-0.2, 0) is 7.05 Å². The third kappa shape index (κ3) is 2.66. The molecule has 0 amide bonds. The van der Waals surface area contributed by atoms with E-state index in [-0.39, 0.29) is 16.8 Å². The Balaban J connectivity index is 1.99. The molecule has 6 heteroatoms. The van der Waals surface area contributed by atoms with Gasteiger partial charge in [-0.15, -0.1) is 0 Å². The molecule has 0 N–H and O–H groups in total. The number of nitriles is 1. The van der Waals surface area contributed by atoms with Crippen LogP contribution in [0.25, 0.3) is 27.8 Å². The predicted octanol–water partition coefficient (Wildman–Crippen LogP) is 3.27. The second-order valence-corrected chi connectivity index (χ2v) is 6.07. The average molecular weight is 356 g/mol. The quantitative estimate of drug-likeness (QED) is 0.565. The van der Waals surface area contributed by atoms with Crippen molar-refractivity contribution in [3.8, 4) is 28.6 Å². The molecule has 2 aromatic heterocycles. The van der Waals surface area contributed by atoms with E-state index in [1.54, 1.807) is 16.5 Å². The molecule has 0 unspecified atom stereocenters. The zero-order valence-corrected chi connectivity index (χ0v) is 14.9. The number of aromatic nitrogens is 3. The summed E-state index contributed by atoms with van der Waals surface area (Å²) >= 11 is 0. The highest BCUT2D eigenvalue weighted by Gasteiger charge is 2.18. The Labute approximate surface area is 155 Å². The third-order valence-corrected chi connectivity index (χ3v) is 4.55. The van der Waals surface area contributed by atoms with Crippen LogP contribution < -0.4 is 10.3 Å². The maximum Gasteiger partial charge on any atom is 0.297 e. The third-order valence-electron chi connectivity index (χ3n) is 4.55. The number of aryl methyl sites for hydroxylation is 1. The SMILES string of the molecule is COc1ccc(-c2cc3c(nc2C#N)c(=O)n(-c2ccccc2)n3C)cc1. The van der Waals surface area contributed by atoms with E-state index in [1.807, 2.05) is 67.7 Å². The first kappa shape index (κ1) is 16.6. The smallest absolute Gasteiger partial charge is 0.297 e. The van der Waals surface area contributed by atoms with Crippen LogP contribution in [0.3, 0.4) is 0 Å². The summed E-state index contributed by atoms with van der Waals surface area (Å²) in [6.45, 7) is 0. The van der Waals surface area contributed by atoms with Crippen molar-refractivity contribution in [3.05, 3.63) is 76.7 Å². The van der Waals surface area contributed by atoms with E-state index in [9.17, 15) is 10.1 Å². The lowest BCUT2D eigenvalue weighted by atomic mass is 10.0. The number of methoxy groups -OCH3 is 1. The highest BCUT2D eigenvalue weighted by Crippen LogP contribution is 2.27. The van der Waals surface area contributed by atoms with Crippen molar-refractivity contribution < 1.29 is 4.74 Å². The van der Waals surface area contributed by atoms with Gasteiger partial charge in [0.05, 0.1) is 18.3 Å². The molecule has 0 radical (unpaired) electrons. The molecule has 2 heterocycles. The molecule has 0 saturated carbocycles. The summed E-state index contributed by atoms with van der Waals surface area (Å²) in [5, 5.41) is 9.57. The largest absolute Gasteiger partial charge is 0.497 e. The fourth-order valence-electron chi connectivity index (χ4n) is 3.19. The lowest BCUT2D eigenvalue weighted by Crippen LogP contribution is -2.19. The second kappa shape index (κ2) is 6.46. The van der Waals surface area contributed by atoms with Crippen molar-refractivity contribution in [3.63, 3.8) is 0 Å².